The van der Waals surface area contributed by atoms with Crippen LogP contribution >= 0.6 is 0 Å². The Morgan fingerprint density at radius 2 is 1.32 bits per heavy atom. The number of ether oxygens (including phenoxy) is 5. The molecule has 0 radical (unpaired) electrons. The average Bonchev–Trinajstić information content (AvgIpc) is 2.88. The first-order valence-corrected chi connectivity index (χ1v) is 14.3. The van der Waals surface area contributed by atoms with Gasteiger partial charge in [-0.25, -0.2) is 4.79 Å². The first-order valence-electron chi connectivity index (χ1n) is 14.3. The SMILES string of the molecule is CCC[C@H](C)OC(=O)O[C@@H](C)CC(N)(Cc1ccc(OC(=O)C(C)(C)CC)c(OC(=O)C(C)(C)CC)c1)C(=O)OC. The first kappa shape index (κ1) is 35.9. The molecule has 10 nitrogen and oxygen atoms in total. The highest BCUT2D eigenvalue weighted by molar-refractivity contribution is 5.82. The zero-order valence-corrected chi connectivity index (χ0v) is 26.4. The van der Waals surface area contributed by atoms with E-state index in [-0.39, 0.29) is 30.4 Å². The van der Waals surface area contributed by atoms with Crippen molar-refractivity contribution in [2.24, 2.45) is 16.6 Å². The molecule has 3 atom stereocenters. The molecular weight excluding hydrogens is 530 g/mol. The van der Waals surface area contributed by atoms with Crippen LogP contribution < -0.4 is 15.2 Å². The molecule has 0 amide bonds. The monoisotopic (exact) mass is 579 g/mol. The molecule has 1 rings (SSSR count). The lowest BCUT2D eigenvalue weighted by molar-refractivity contribution is -0.148. The molecule has 0 spiro atoms. The van der Waals surface area contributed by atoms with E-state index in [0.717, 1.165) is 6.42 Å². The van der Waals surface area contributed by atoms with Crippen molar-refractivity contribution in [2.45, 2.75) is 119 Å². The largest absolute Gasteiger partial charge is 0.508 e. The summed E-state index contributed by atoms with van der Waals surface area (Å²) >= 11 is 0. The first-order chi connectivity index (χ1) is 18.9. The summed E-state index contributed by atoms with van der Waals surface area (Å²) < 4.78 is 26.9. The normalized spacial score (nSPS) is 14.7. The number of hydrogen-bond acceptors (Lipinski definition) is 10. The number of esters is 3. The van der Waals surface area contributed by atoms with Gasteiger partial charge in [0.25, 0.3) is 0 Å². The molecule has 0 fully saturated rings. The van der Waals surface area contributed by atoms with Crippen molar-refractivity contribution in [3.05, 3.63) is 23.8 Å². The van der Waals surface area contributed by atoms with Gasteiger partial charge in [-0.05, 0) is 78.5 Å². The van der Waals surface area contributed by atoms with Crippen molar-refractivity contribution in [3.63, 3.8) is 0 Å². The topological polar surface area (TPSA) is 140 Å². The summed E-state index contributed by atoms with van der Waals surface area (Å²) in [5.74, 6) is -1.60. The van der Waals surface area contributed by atoms with Crippen LogP contribution in [0.15, 0.2) is 18.2 Å². The highest BCUT2D eigenvalue weighted by Gasteiger charge is 2.39. The number of nitrogens with two attached hydrogens (primary N) is 1. The lowest BCUT2D eigenvalue weighted by Gasteiger charge is -2.29. The molecule has 0 aliphatic rings. The lowest BCUT2D eigenvalue weighted by atomic mass is 9.86. The third-order valence-corrected chi connectivity index (χ3v) is 7.34. The van der Waals surface area contributed by atoms with Gasteiger partial charge >= 0.3 is 24.1 Å². The van der Waals surface area contributed by atoms with Gasteiger partial charge in [0, 0.05) is 12.8 Å². The van der Waals surface area contributed by atoms with Crippen molar-refractivity contribution in [1.82, 2.24) is 0 Å². The number of methoxy groups -OCH3 is 1. The summed E-state index contributed by atoms with van der Waals surface area (Å²) in [6, 6.07) is 4.65. The molecule has 2 N–H and O–H groups in total. The van der Waals surface area contributed by atoms with Gasteiger partial charge in [0.2, 0.25) is 0 Å². The number of rotatable bonds is 15. The molecular formula is C31H49NO9. The minimum Gasteiger partial charge on any atom is -0.468 e. The van der Waals surface area contributed by atoms with Gasteiger partial charge in [-0.15, -0.1) is 0 Å². The van der Waals surface area contributed by atoms with Crippen molar-refractivity contribution >= 4 is 24.1 Å². The third-order valence-electron chi connectivity index (χ3n) is 7.34. The number of benzene rings is 1. The van der Waals surface area contributed by atoms with Crippen LogP contribution in [-0.4, -0.2) is 48.9 Å². The molecule has 1 aromatic carbocycles. The average molecular weight is 580 g/mol. The molecule has 232 valence electrons. The fraction of sp³-hybridized carbons (Fsp3) is 0.677. The highest BCUT2D eigenvalue weighted by Crippen LogP contribution is 2.35. The Kier molecular flexibility index (Phi) is 13.3. The van der Waals surface area contributed by atoms with E-state index >= 15 is 0 Å². The molecule has 0 aliphatic heterocycles. The maximum Gasteiger partial charge on any atom is 0.508 e. The Morgan fingerprint density at radius 3 is 1.80 bits per heavy atom. The van der Waals surface area contributed by atoms with Crippen LogP contribution in [0.4, 0.5) is 4.79 Å². The van der Waals surface area contributed by atoms with Gasteiger partial charge in [0.1, 0.15) is 17.7 Å². The van der Waals surface area contributed by atoms with Gasteiger partial charge in [-0.1, -0.05) is 33.3 Å². The second-order valence-electron chi connectivity index (χ2n) is 12.0. The van der Waals surface area contributed by atoms with E-state index < -0.39 is 46.5 Å². The van der Waals surface area contributed by atoms with Crippen LogP contribution in [0.2, 0.25) is 0 Å². The standard InChI is InChI=1S/C31H49NO9/c1-11-14-20(4)38-28(36)39-21(5)18-31(32,27(35)37-10)19-22-15-16-23(40-25(33)29(6,7)12-2)24(17-22)41-26(34)30(8,9)13-3/h15-17,20-21H,11-14,18-19,32H2,1-10H3/t20-,21-,31?/m0/s1. The lowest BCUT2D eigenvalue weighted by Crippen LogP contribution is -2.53. The summed E-state index contributed by atoms with van der Waals surface area (Å²) in [6.07, 6.45) is 0.547. The maximum atomic E-state index is 13.0. The number of carbonyl (C=O) groups is 4. The predicted octanol–water partition coefficient (Wildman–Crippen LogP) is 5.90. The summed E-state index contributed by atoms with van der Waals surface area (Å²) in [4.78, 5) is 50.8. The second kappa shape index (κ2) is 15.2. The van der Waals surface area contributed by atoms with Crippen LogP contribution in [-0.2, 0) is 35.0 Å². The quantitative estimate of drug-likeness (QED) is 0.197. The molecule has 1 unspecified atom stereocenters. The molecule has 0 saturated heterocycles. The van der Waals surface area contributed by atoms with Crippen molar-refractivity contribution < 1.29 is 42.9 Å². The summed E-state index contributed by atoms with van der Waals surface area (Å²) in [5, 5.41) is 0. The molecule has 10 heteroatoms. The Balaban J connectivity index is 3.33. The van der Waals surface area contributed by atoms with E-state index in [0.29, 0.717) is 24.8 Å². The van der Waals surface area contributed by atoms with Gasteiger partial charge in [0.05, 0.1) is 17.9 Å². The van der Waals surface area contributed by atoms with E-state index in [9.17, 15) is 19.2 Å². The van der Waals surface area contributed by atoms with Gasteiger partial charge in [0.15, 0.2) is 11.5 Å². The van der Waals surface area contributed by atoms with Gasteiger partial charge in [-0.3, -0.25) is 14.4 Å². The summed E-state index contributed by atoms with van der Waals surface area (Å²) in [7, 11) is 1.22. The maximum absolute atomic E-state index is 13.0. The van der Waals surface area contributed by atoms with E-state index in [4.69, 9.17) is 29.4 Å². The summed E-state index contributed by atoms with van der Waals surface area (Å²) in [6.45, 7) is 16.1. The Labute approximate surface area is 244 Å². The summed E-state index contributed by atoms with van der Waals surface area (Å²) in [5.41, 5.74) is 3.90. The molecule has 0 bridgehead atoms. The Bertz CT molecular complexity index is 1070. The van der Waals surface area contributed by atoms with Crippen molar-refractivity contribution in [3.8, 4) is 11.5 Å². The zero-order chi connectivity index (χ0) is 31.6. The number of hydrogen-bond donors (Lipinski definition) is 1. The molecule has 0 saturated carbocycles. The van der Waals surface area contributed by atoms with Crippen LogP contribution in [0.5, 0.6) is 11.5 Å². The van der Waals surface area contributed by atoms with Crippen molar-refractivity contribution in [2.75, 3.05) is 7.11 Å². The number of carbonyl (C=O) groups excluding carboxylic acids is 4. The smallest absolute Gasteiger partial charge is 0.468 e. The molecule has 41 heavy (non-hydrogen) atoms. The minimum atomic E-state index is -1.60. The van der Waals surface area contributed by atoms with E-state index in [1.54, 1.807) is 47.6 Å². The van der Waals surface area contributed by atoms with E-state index in [2.05, 4.69) is 0 Å². The van der Waals surface area contributed by atoms with Crippen LogP contribution in [0.25, 0.3) is 0 Å². The third kappa shape index (κ3) is 10.6. The zero-order valence-electron chi connectivity index (χ0n) is 26.4. The van der Waals surface area contributed by atoms with Gasteiger partial charge in [-0.2, -0.15) is 0 Å². The van der Waals surface area contributed by atoms with Gasteiger partial charge < -0.3 is 29.4 Å². The van der Waals surface area contributed by atoms with E-state index in [1.165, 1.54) is 19.2 Å². The van der Waals surface area contributed by atoms with Crippen molar-refractivity contribution in [1.29, 1.82) is 0 Å². The Hall–Kier alpha value is -3.14. The van der Waals surface area contributed by atoms with Crippen LogP contribution in [0.1, 0.15) is 100.0 Å². The molecule has 0 aliphatic carbocycles. The predicted molar refractivity (Wildman–Crippen MR) is 155 cm³/mol. The minimum absolute atomic E-state index is 0.0271. The molecule has 0 aromatic heterocycles. The molecule has 0 heterocycles. The fourth-order valence-corrected chi connectivity index (χ4v) is 3.76. The highest BCUT2D eigenvalue weighted by atomic mass is 16.7. The second-order valence-corrected chi connectivity index (χ2v) is 12.0. The van der Waals surface area contributed by atoms with Crippen LogP contribution in [0.3, 0.4) is 0 Å². The van der Waals surface area contributed by atoms with E-state index in [1.807, 2.05) is 20.8 Å². The fourth-order valence-electron chi connectivity index (χ4n) is 3.76. The Morgan fingerprint density at radius 1 is 0.805 bits per heavy atom. The van der Waals surface area contributed by atoms with Crippen LogP contribution in [0, 0.1) is 10.8 Å². The molecule has 1 aromatic rings.